The molecule has 0 atom stereocenters. The molecule has 0 aliphatic heterocycles. The topological polar surface area (TPSA) is 69.4 Å². The lowest BCUT2D eigenvalue weighted by Crippen LogP contribution is -2.00. The first-order chi connectivity index (χ1) is 10.5. The molecule has 0 saturated carbocycles. The van der Waals surface area contributed by atoms with Crippen LogP contribution in [0.5, 0.6) is 0 Å². The Balaban J connectivity index is 0.000000235. The minimum Gasteiger partial charge on any atom is -0.486 e. The Kier molecular flexibility index (Phi) is 7.21. The highest BCUT2D eigenvalue weighted by atomic mass is 32.1. The summed E-state index contributed by atoms with van der Waals surface area (Å²) in [7, 11) is 1.43. The van der Waals surface area contributed by atoms with E-state index in [1.165, 1.54) is 19.2 Å². The number of rotatable bonds is 3. The van der Waals surface area contributed by atoms with Gasteiger partial charge in [-0.3, -0.25) is 14.9 Å². The molecule has 0 aromatic heterocycles. The number of thiocarbonyl (C=S) groups is 1. The second kappa shape index (κ2) is 8.91. The Morgan fingerprint density at radius 1 is 1.14 bits per heavy atom. The molecule has 114 valence electrons. The van der Waals surface area contributed by atoms with Crippen LogP contribution in [0.3, 0.4) is 0 Å². The molecular formula is C15H13NO4S2. The predicted octanol–water partition coefficient (Wildman–Crippen LogP) is 3.67. The quantitative estimate of drug-likeness (QED) is 0.401. The third-order valence-corrected chi connectivity index (χ3v) is 3.16. The summed E-state index contributed by atoms with van der Waals surface area (Å²) in [5, 5.41) is 10.5. The lowest BCUT2D eigenvalue weighted by Gasteiger charge is -2.00. The second-order valence-electron chi connectivity index (χ2n) is 3.97. The number of carbonyl (C=O) groups is 1. The van der Waals surface area contributed by atoms with Gasteiger partial charge in [-0.05, 0) is 18.3 Å². The highest BCUT2D eigenvalue weighted by molar-refractivity contribution is 7.97. The Morgan fingerprint density at radius 3 is 2.18 bits per heavy atom. The van der Waals surface area contributed by atoms with E-state index in [0.29, 0.717) is 11.1 Å². The van der Waals surface area contributed by atoms with Gasteiger partial charge in [-0.2, -0.15) is 0 Å². The highest BCUT2D eigenvalue weighted by Gasteiger charge is 2.08. The van der Waals surface area contributed by atoms with E-state index in [1.807, 2.05) is 18.2 Å². The molecule has 2 rings (SSSR count). The van der Waals surface area contributed by atoms with Gasteiger partial charge in [0.1, 0.15) is 0 Å². The van der Waals surface area contributed by atoms with Gasteiger partial charge in [-0.1, -0.05) is 36.4 Å². The monoisotopic (exact) mass is 335 g/mol. The third kappa shape index (κ3) is 5.63. The molecule has 0 heterocycles. The lowest BCUT2D eigenvalue weighted by molar-refractivity contribution is -0.384. The number of ether oxygens (including phenoxy) is 1. The molecule has 0 saturated heterocycles. The average Bonchev–Trinajstić information content (AvgIpc) is 2.55. The normalized spacial score (nSPS) is 9.18. The van der Waals surface area contributed by atoms with Crippen LogP contribution in [0.25, 0.3) is 0 Å². The van der Waals surface area contributed by atoms with Crippen molar-refractivity contribution >= 4 is 40.7 Å². The van der Waals surface area contributed by atoms with Gasteiger partial charge in [-0.25, -0.2) is 0 Å². The SMILES string of the molecule is COC(=S)c1cccc([N+](=O)[O-])c1.O=C(S)c1ccccc1. The second-order valence-corrected chi connectivity index (χ2v) is 4.75. The Bertz CT molecular complexity index is 674. The molecule has 0 aliphatic carbocycles. The Hall–Kier alpha value is -2.25. The van der Waals surface area contributed by atoms with E-state index in [1.54, 1.807) is 24.3 Å². The van der Waals surface area contributed by atoms with Crippen molar-refractivity contribution in [2.24, 2.45) is 0 Å². The highest BCUT2D eigenvalue weighted by Crippen LogP contribution is 2.13. The summed E-state index contributed by atoms with van der Waals surface area (Å²) >= 11 is 8.47. The molecule has 0 spiro atoms. The van der Waals surface area contributed by atoms with Gasteiger partial charge in [0, 0.05) is 23.3 Å². The van der Waals surface area contributed by atoms with Crippen LogP contribution in [-0.4, -0.2) is 22.2 Å². The third-order valence-electron chi connectivity index (χ3n) is 2.50. The van der Waals surface area contributed by atoms with Gasteiger partial charge in [0.15, 0.2) is 5.05 Å². The molecule has 0 fully saturated rings. The number of thiol groups is 1. The van der Waals surface area contributed by atoms with Crippen LogP contribution >= 0.6 is 24.8 Å². The van der Waals surface area contributed by atoms with Gasteiger partial charge in [-0.15, -0.1) is 12.6 Å². The molecule has 0 N–H and O–H groups in total. The molecule has 7 heteroatoms. The van der Waals surface area contributed by atoms with Gasteiger partial charge >= 0.3 is 0 Å². The van der Waals surface area contributed by atoms with Crippen LogP contribution < -0.4 is 0 Å². The van der Waals surface area contributed by atoms with Crippen molar-refractivity contribution in [3.05, 3.63) is 75.8 Å². The number of nitrogens with zero attached hydrogens (tertiary/aromatic N) is 1. The van der Waals surface area contributed by atoms with Crippen LogP contribution in [0.2, 0.25) is 0 Å². The zero-order valence-corrected chi connectivity index (χ0v) is 13.3. The summed E-state index contributed by atoms with van der Waals surface area (Å²) in [6, 6.07) is 15.0. The molecule has 0 bridgehead atoms. The van der Waals surface area contributed by atoms with Crippen molar-refractivity contribution in [3.63, 3.8) is 0 Å². The number of benzene rings is 2. The molecule has 0 unspecified atom stereocenters. The number of nitro benzene ring substituents is 1. The Morgan fingerprint density at radius 2 is 1.73 bits per heavy atom. The van der Waals surface area contributed by atoms with E-state index in [4.69, 9.17) is 17.0 Å². The van der Waals surface area contributed by atoms with E-state index < -0.39 is 4.92 Å². The van der Waals surface area contributed by atoms with Gasteiger partial charge in [0.2, 0.25) is 5.12 Å². The molecule has 2 aromatic carbocycles. The number of carbonyl (C=O) groups excluding carboxylic acids is 1. The number of hydrogen-bond donors (Lipinski definition) is 1. The fourth-order valence-electron chi connectivity index (χ4n) is 1.45. The van der Waals surface area contributed by atoms with Crippen LogP contribution in [0.15, 0.2) is 54.6 Å². The van der Waals surface area contributed by atoms with Crippen molar-refractivity contribution in [2.45, 2.75) is 0 Å². The summed E-state index contributed by atoms with van der Waals surface area (Å²) in [5.74, 6) is 0. The summed E-state index contributed by atoms with van der Waals surface area (Å²) in [6.45, 7) is 0. The van der Waals surface area contributed by atoms with Crippen LogP contribution in [-0.2, 0) is 4.74 Å². The molecular weight excluding hydrogens is 322 g/mol. The molecule has 22 heavy (non-hydrogen) atoms. The maximum Gasteiger partial charge on any atom is 0.270 e. The number of methoxy groups -OCH3 is 1. The van der Waals surface area contributed by atoms with E-state index in [-0.39, 0.29) is 15.9 Å². The molecule has 5 nitrogen and oxygen atoms in total. The summed E-state index contributed by atoms with van der Waals surface area (Å²) < 4.78 is 4.78. The van der Waals surface area contributed by atoms with Crippen LogP contribution in [0.4, 0.5) is 5.69 Å². The smallest absolute Gasteiger partial charge is 0.270 e. The van der Waals surface area contributed by atoms with Crippen LogP contribution in [0.1, 0.15) is 15.9 Å². The Labute approximate surface area is 138 Å². The fraction of sp³-hybridized carbons (Fsp3) is 0.0667. The number of nitro groups is 1. The minimum absolute atomic E-state index is 0.0110. The first kappa shape index (κ1) is 17.8. The zero-order valence-electron chi connectivity index (χ0n) is 11.6. The lowest BCUT2D eigenvalue weighted by atomic mass is 10.2. The van der Waals surface area contributed by atoms with Gasteiger partial charge in [0.25, 0.3) is 5.69 Å². The molecule has 0 aliphatic rings. The molecule has 0 amide bonds. The molecule has 0 radical (unpaired) electrons. The summed E-state index contributed by atoms with van der Waals surface area (Å²) in [6.07, 6.45) is 0. The first-order valence-electron chi connectivity index (χ1n) is 6.07. The maximum absolute atomic E-state index is 10.5. The van der Waals surface area contributed by atoms with Gasteiger partial charge < -0.3 is 4.74 Å². The standard InChI is InChI=1S/C8H7NO3S.C7H6OS/c1-12-8(13)6-3-2-4-7(5-6)9(10)11;8-7(9)6-4-2-1-3-5-6/h2-5H,1H3;1-5H,(H,8,9). The maximum atomic E-state index is 10.5. The fourth-order valence-corrected chi connectivity index (χ4v) is 1.72. The van der Waals surface area contributed by atoms with E-state index in [0.717, 1.165) is 0 Å². The first-order valence-corrected chi connectivity index (χ1v) is 6.92. The average molecular weight is 335 g/mol. The summed E-state index contributed by atoms with van der Waals surface area (Å²) in [4.78, 5) is 20.4. The van der Waals surface area contributed by atoms with E-state index in [9.17, 15) is 14.9 Å². The largest absolute Gasteiger partial charge is 0.486 e. The van der Waals surface area contributed by atoms with Gasteiger partial charge in [0.05, 0.1) is 12.0 Å². The molecule has 2 aromatic rings. The van der Waals surface area contributed by atoms with Crippen molar-refractivity contribution in [2.75, 3.05) is 7.11 Å². The van der Waals surface area contributed by atoms with Crippen molar-refractivity contribution in [1.82, 2.24) is 0 Å². The van der Waals surface area contributed by atoms with E-state index >= 15 is 0 Å². The summed E-state index contributed by atoms with van der Waals surface area (Å²) in [5.41, 5.74) is 1.20. The predicted molar refractivity (Wildman–Crippen MR) is 91.6 cm³/mol. The van der Waals surface area contributed by atoms with E-state index in [2.05, 4.69) is 12.6 Å². The zero-order chi connectivity index (χ0) is 16.5. The van der Waals surface area contributed by atoms with Crippen LogP contribution in [0, 0.1) is 10.1 Å². The van der Waals surface area contributed by atoms with Crippen molar-refractivity contribution in [3.8, 4) is 0 Å². The number of non-ortho nitro benzene ring substituents is 1. The van der Waals surface area contributed by atoms with Crippen molar-refractivity contribution < 1.29 is 14.5 Å². The number of hydrogen-bond acceptors (Lipinski definition) is 5. The van der Waals surface area contributed by atoms with Crippen molar-refractivity contribution in [1.29, 1.82) is 0 Å². The minimum atomic E-state index is -0.470.